The first kappa shape index (κ1) is 16.4. The van der Waals surface area contributed by atoms with Crippen molar-refractivity contribution in [2.45, 2.75) is 19.6 Å². The van der Waals surface area contributed by atoms with E-state index in [4.69, 9.17) is 4.74 Å². The molecule has 0 spiro atoms. The van der Waals surface area contributed by atoms with Crippen molar-refractivity contribution >= 4 is 5.91 Å². The smallest absolute Gasteiger partial charge is 0.387 e. The fourth-order valence-corrected chi connectivity index (χ4v) is 2.64. The number of aryl methyl sites for hydroxylation is 1. The number of aromatic amines is 1. The highest BCUT2D eigenvalue weighted by molar-refractivity contribution is 5.95. The molecule has 1 N–H and O–H groups in total. The second-order valence-electron chi connectivity index (χ2n) is 5.47. The number of ether oxygens (including phenoxy) is 2. The molecule has 1 amide bonds. The average Bonchev–Trinajstić information content (AvgIpc) is 3.00. The van der Waals surface area contributed by atoms with E-state index in [-0.39, 0.29) is 17.8 Å². The topological polar surface area (TPSA) is 67.5 Å². The van der Waals surface area contributed by atoms with Gasteiger partial charge in [0.2, 0.25) is 0 Å². The van der Waals surface area contributed by atoms with Gasteiger partial charge >= 0.3 is 6.61 Å². The summed E-state index contributed by atoms with van der Waals surface area (Å²) in [6.07, 6.45) is 1.20. The van der Waals surface area contributed by atoms with Crippen molar-refractivity contribution in [1.82, 2.24) is 15.1 Å². The summed E-state index contributed by atoms with van der Waals surface area (Å²) in [6.45, 7) is 0.223. The number of benzene rings is 1. The van der Waals surface area contributed by atoms with Crippen molar-refractivity contribution in [3.63, 3.8) is 0 Å². The maximum Gasteiger partial charge on any atom is 0.387 e. The number of nitrogens with zero attached hydrogens (tertiary/aromatic N) is 2. The zero-order valence-electron chi connectivity index (χ0n) is 13.0. The number of carbonyl (C=O) groups excluding carboxylic acids is 1. The van der Waals surface area contributed by atoms with Gasteiger partial charge in [0.05, 0.1) is 24.9 Å². The van der Waals surface area contributed by atoms with Crippen LogP contribution in [0.3, 0.4) is 0 Å². The summed E-state index contributed by atoms with van der Waals surface area (Å²) in [7, 11) is 0. The van der Waals surface area contributed by atoms with E-state index in [1.165, 1.54) is 18.3 Å². The molecule has 1 fully saturated rings. The fraction of sp³-hybridized carbons (Fsp3) is 0.375. The Labute approximate surface area is 137 Å². The third kappa shape index (κ3) is 3.53. The highest BCUT2D eigenvalue weighted by Gasteiger charge is 2.27. The molecule has 0 bridgehead atoms. The summed E-state index contributed by atoms with van der Waals surface area (Å²) >= 11 is 0. The van der Waals surface area contributed by atoms with Crippen LogP contribution >= 0.6 is 0 Å². The third-order valence-corrected chi connectivity index (χ3v) is 3.89. The third-order valence-electron chi connectivity index (χ3n) is 3.89. The first-order valence-corrected chi connectivity index (χ1v) is 7.50. The highest BCUT2D eigenvalue weighted by atomic mass is 19.3. The van der Waals surface area contributed by atoms with Crippen molar-refractivity contribution in [2.75, 3.05) is 19.7 Å². The summed E-state index contributed by atoms with van der Waals surface area (Å²) in [5.74, 6) is -0.0151. The minimum Gasteiger partial charge on any atom is -0.435 e. The molecule has 0 saturated carbocycles. The summed E-state index contributed by atoms with van der Waals surface area (Å²) < 4.78 is 34.4. The van der Waals surface area contributed by atoms with Crippen LogP contribution in [0.15, 0.2) is 30.5 Å². The van der Waals surface area contributed by atoms with E-state index < -0.39 is 6.61 Å². The molecular formula is C16H17F2N3O3. The Morgan fingerprint density at radius 3 is 2.79 bits per heavy atom. The number of aromatic nitrogens is 2. The van der Waals surface area contributed by atoms with Crippen molar-refractivity contribution in [1.29, 1.82) is 0 Å². The molecule has 1 saturated heterocycles. The lowest BCUT2D eigenvalue weighted by Crippen LogP contribution is -2.42. The van der Waals surface area contributed by atoms with Gasteiger partial charge in [0.1, 0.15) is 11.9 Å². The fourth-order valence-electron chi connectivity index (χ4n) is 2.64. The Hall–Kier alpha value is -2.48. The van der Waals surface area contributed by atoms with Crippen LogP contribution in [0, 0.1) is 6.92 Å². The lowest BCUT2D eigenvalue weighted by atomic mass is 10.1. The Morgan fingerprint density at radius 1 is 1.42 bits per heavy atom. The van der Waals surface area contributed by atoms with Crippen LogP contribution < -0.4 is 4.74 Å². The van der Waals surface area contributed by atoms with Crippen LogP contribution in [0.5, 0.6) is 5.75 Å². The number of alkyl halides is 2. The Balaban J connectivity index is 1.69. The van der Waals surface area contributed by atoms with E-state index in [2.05, 4.69) is 14.9 Å². The van der Waals surface area contributed by atoms with Crippen LogP contribution in [0.1, 0.15) is 27.7 Å². The van der Waals surface area contributed by atoms with Gasteiger partial charge in [-0.2, -0.15) is 13.9 Å². The second kappa shape index (κ2) is 6.96. The molecular weight excluding hydrogens is 320 g/mol. The van der Waals surface area contributed by atoms with Gasteiger partial charge in [-0.1, -0.05) is 12.1 Å². The van der Waals surface area contributed by atoms with Crippen molar-refractivity contribution < 1.29 is 23.0 Å². The Kier molecular flexibility index (Phi) is 4.75. The van der Waals surface area contributed by atoms with Gasteiger partial charge in [-0.25, -0.2) is 0 Å². The number of hydrogen-bond acceptors (Lipinski definition) is 4. The second-order valence-corrected chi connectivity index (χ2v) is 5.47. The molecule has 6 nitrogen and oxygen atoms in total. The molecule has 1 aliphatic rings. The molecule has 1 aromatic heterocycles. The molecule has 0 unspecified atom stereocenters. The molecule has 24 heavy (non-hydrogen) atoms. The predicted molar refractivity (Wildman–Crippen MR) is 81.0 cm³/mol. The molecule has 128 valence electrons. The van der Waals surface area contributed by atoms with Gasteiger partial charge in [-0.05, 0) is 24.6 Å². The average molecular weight is 337 g/mol. The lowest BCUT2D eigenvalue weighted by molar-refractivity contribution is -0.0499. The molecule has 1 aromatic carbocycles. The van der Waals surface area contributed by atoms with E-state index in [1.807, 2.05) is 0 Å². The molecule has 2 heterocycles. The molecule has 8 heteroatoms. The van der Waals surface area contributed by atoms with Crippen LogP contribution in [-0.4, -0.2) is 47.3 Å². The SMILES string of the molecule is Cc1[nH]ncc1C(=O)N1CCO[C@@H](c2ccc(OC(F)F)cc2)C1. The highest BCUT2D eigenvalue weighted by Crippen LogP contribution is 2.26. The van der Waals surface area contributed by atoms with Crippen molar-refractivity contribution in [2.24, 2.45) is 0 Å². The minimum absolute atomic E-state index is 0.0894. The van der Waals surface area contributed by atoms with E-state index in [1.54, 1.807) is 24.0 Å². The summed E-state index contributed by atoms with van der Waals surface area (Å²) in [6, 6.07) is 6.26. The number of nitrogens with one attached hydrogen (secondary N) is 1. The number of hydrogen-bond donors (Lipinski definition) is 1. The Bertz CT molecular complexity index is 703. The standard InChI is InChI=1S/C16H17F2N3O3/c1-10-13(8-19-20-10)15(22)21-6-7-23-14(9-21)11-2-4-12(5-3-11)24-16(17)18/h2-5,8,14,16H,6-7,9H2,1H3,(H,19,20)/t14-/m1/s1. The van der Waals surface area contributed by atoms with E-state index in [0.717, 1.165) is 11.3 Å². The van der Waals surface area contributed by atoms with Crippen LogP contribution in [0.2, 0.25) is 0 Å². The lowest BCUT2D eigenvalue weighted by Gasteiger charge is -2.33. The van der Waals surface area contributed by atoms with E-state index in [0.29, 0.717) is 25.3 Å². The predicted octanol–water partition coefficient (Wildman–Crippen LogP) is 2.53. The quantitative estimate of drug-likeness (QED) is 0.931. The number of H-pyrrole nitrogens is 1. The van der Waals surface area contributed by atoms with Crippen LogP contribution in [0.25, 0.3) is 0 Å². The zero-order valence-corrected chi connectivity index (χ0v) is 13.0. The molecule has 3 rings (SSSR count). The number of morpholine rings is 1. The van der Waals surface area contributed by atoms with Gasteiger partial charge in [0.25, 0.3) is 5.91 Å². The Morgan fingerprint density at radius 2 is 2.17 bits per heavy atom. The van der Waals surface area contributed by atoms with Crippen molar-refractivity contribution in [3.8, 4) is 5.75 Å². The monoisotopic (exact) mass is 337 g/mol. The summed E-state index contributed by atoms with van der Waals surface area (Å²) in [4.78, 5) is 14.2. The molecule has 2 aromatic rings. The molecule has 1 atom stereocenters. The maximum atomic E-state index is 12.5. The molecule has 1 aliphatic heterocycles. The normalized spacial score (nSPS) is 18.0. The van der Waals surface area contributed by atoms with Gasteiger partial charge in [0.15, 0.2) is 0 Å². The summed E-state index contributed by atoms with van der Waals surface area (Å²) in [5.41, 5.74) is 2.06. The van der Waals surface area contributed by atoms with Crippen molar-refractivity contribution in [3.05, 3.63) is 47.3 Å². The number of carbonyl (C=O) groups is 1. The summed E-state index contributed by atoms with van der Waals surface area (Å²) in [5, 5.41) is 6.62. The van der Waals surface area contributed by atoms with E-state index >= 15 is 0 Å². The first-order chi connectivity index (χ1) is 11.5. The minimum atomic E-state index is -2.85. The van der Waals surface area contributed by atoms with Gasteiger partial charge in [-0.3, -0.25) is 9.89 Å². The van der Waals surface area contributed by atoms with Gasteiger partial charge in [-0.15, -0.1) is 0 Å². The van der Waals surface area contributed by atoms with Gasteiger partial charge < -0.3 is 14.4 Å². The first-order valence-electron chi connectivity index (χ1n) is 7.50. The molecule has 0 radical (unpaired) electrons. The van der Waals surface area contributed by atoms with Crippen LogP contribution in [0.4, 0.5) is 8.78 Å². The number of amides is 1. The number of rotatable bonds is 4. The zero-order chi connectivity index (χ0) is 17.1. The maximum absolute atomic E-state index is 12.5. The number of halogens is 2. The van der Waals surface area contributed by atoms with Gasteiger partial charge in [0, 0.05) is 12.2 Å². The molecule has 0 aliphatic carbocycles. The van der Waals surface area contributed by atoms with Crippen LogP contribution in [-0.2, 0) is 4.74 Å². The van der Waals surface area contributed by atoms with E-state index in [9.17, 15) is 13.6 Å². The largest absolute Gasteiger partial charge is 0.435 e.